The number of halogens is 2. The van der Waals surface area contributed by atoms with Crippen molar-refractivity contribution in [1.29, 1.82) is 0 Å². The lowest BCUT2D eigenvalue weighted by Gasteiger charge is -2.21. The molecule has 1 unspecified atom stereocenters. The third kappa shape index (κ3) is 3.78. The van der Waals surface area contributed by atoms with Gasteiger partial charge in [0, 0.05) is 12.1 Å². The highest BCUT2D eigenvalue weighted by Crippen LogP contribution is 2.20. The standard InChI is InChI=1S/C12H15F2NO2/c1-8(12(16)17)15(2)7-9-4-3-5-10(6-9)11(13)14/h3-6,8,11H,7H2,1-2H3,(H,16,17). The second kappa shape index (κ2) is 5.72. The molecule has 1 rings (SSSR count). The van der Waals surface area contributed by atoms with E-state index in [4.69, 9.17) is 5.11 Å². The largest absolute Gasteiger partial charge is 0.480 e. The van der Waals surface area contributed by atoms with Crippen molar-refractivity contribution in [3.63, 3.8) is 0 Å². The fraction of sp³-hybridized carbons (Fsp3) is 0.417. The molecule has 0 heterocycles. The Kier molecular flexibility index (Phi) is 4.57. The van der Waals surface area contributed by atoms with Gasteiger partial charge in [0.15, 0.2) is 0 Å². The van der Waals surface area contributed by atoms with Gasteiger partial charge in [0.25, 0.3) is 6.43 Å². The van der Waals surface area contributed by atoms with Gasteiger partial charge in [-0.15, -0.1) is 0 Å². The predicted octanol–water partition coefficient (Wildman–Crippen LogP) is 2.53. The highest BCUT2D eigenvalue weighted by molar-refractivity contribution is 5.72. The number of benzene rings is 1. The minimum absolute atomic E-state index is 0.0427. The molecule has 0 aromatic heterocycles. The predicted molar refractivity (Wildman–Crippen MR) is 60.0 cm³/mol. The van der Waals surface area contributed by atoms with Crippen molar-refractivity contribution < 1.29 is 18.7 Å². The summed E-state index contributed by atoms with van der Waals surface area (Å²) in [5, 5.41) is 8.81. The second-order valence-electron chi connectivity index (χ2n) is 3.98. The normalized spacial score (nSPS) is 13.1. The van der Waals surface area contributed by atoms with Crippen LogP contribution < -0.4 is 0 Å². The van der Waals surface area contributed by atoms with E-state index < -0.39 is 18.4 Å². The number of hydrogen-bond acceptors (Lipinski definition) is 2. The van der Waals surface area contributed by atoms with Crippen LogP contribution in [0.4, 0.5) is 8.78 Å². The summed E-state index contributed by atoms with van der Waals surface area (Å²) in [6.07, 6.45) is -2.50. The first kappa shape index (κ1) is 13.6. The first-order chi connectivity index (χ1) is 7.91. The Hall–Kier alpha value is -1.49. The number of alkyl halides is 2. The van der Waals surface area contributed by atoms with Gasteiger partial charge < -0.3 is 5.11 Å². The topological polar surface area (TPSA) is 40.5 Å². The Bertz CT molecular complexity index is 396. The highest BCUT2D eigenvalue weighted by atomic mass is 19.3. The van der Waals surface area contributed by atoms with Crippen molar-refractivity contribution in [2.24, 2.45) is 0 Å². The fourth-order valence-electron chi connectivity index (χ4n) is 1.44. The molecule has 94 valence electrons. The molecular weight excluding hydrogens is 228 g/mol. The van der Waals surface area contributed by atoms with Crippen LogP contribution in [0, 0.1) is 0 Å². The molecule has 1 aromatic carbocycles. The molecule has 3 nitrogen and oxygen atoms in total. The van der Waals surface area contributed by atoms with E-state index >= 15 is 0 Å². The molecule has 0 aliphatic carbocycles. The van der Waals surface area contributed by atoms with Crippen LogP contribution in [0.2, 0.25) is 0 Å². The summed E-state index contributed by atoms with van der Waals surface area (Å²) in [4.78, 5) is 12.3. The Labute approximate surface area is 98.7 Å². The van der Waals surface area contributed by atoms with Crippen molar-refractivity contribution in [3.05, 3.63) is 35.4 Å². The number of carboxylic acids is 1. The summed E-state index contributed by atoms with van der Waals surface area (Å²) in [7, 11) is 1.65. The van der Waals surface area contributed by atoms with Gasteiger partial charge in [-0.05, 0) is 25.6 Å². The van der Waals surface area contributed by atoms with Crippen LogP contribution in [-0.4, -0.2) is 29.1 Å². The summed E-state index contributed by atoms with van der Waals surface area (Å²) >= 11 is 0. The molecule has 1 N–H and O–H groups in total. The highest BCUT2D eigenvalue weighted by Gasteiger charge is 2.17. The Morgan fingerprint density at radius 1 is 1.47 bits per heavy atom. The third-order valence-electron chi connectivity index (χ3n) is 2.65. The van der Waals surface area contributed by atoms with Crippen molar-refractivity contribution in [2.45, 2.75) is 25.9 Å². The molecule has 0 saturated heterocycles. The van der Waals surface area contributed by atoms with Gasteiger partial charge in [-0.25, -0.2) is 8.78 Å². The van der Waals surface area contributed by atoms with E-state index in [0.29, 0.717) is 12.1 Å². The summed E-state index contributed by atoms with van der Waals surface area (Å²) in [5.41, 5.74) is 0.636. The maximum Gasteiger partial charge on any atom is 0.320 e. The maximum atomic E-state index is 12.5. The van der Waals surface area contributed by atoms with E-state index in [1.165, 1.54) is 12.1 Å². The molecule has 0 fully saturated rings. The SMILES string of the molecule is CC(C(=O)O)N(C)Cc1cccc(C(F)F)c1. The number of carboxylic acid groups (broad SMARTS) is 1. The van der Waals surface area contributed by atoms with E-state index in [2.05, 4.69) is 0 Å². The molecule has 5 heteroatoms. The van der Waals surface area contributed by atoms with Crippen LogP contribution in [0.1, 0.15) is 24.5 Å². The van der Waals surface area contributed by atoms with Gasteiger partial charge in [0.05, 0.1) is 0 Å². The van der Waals surface area contributed by atoms with Gasteiger partial charge >= 0.3 is 5.97 Å². The number of rotatable bonds is 5. The minimum Gasteiger partial charge on any atom is -0.480 e. The Balaban J connectivity index is 2.74. The number of aliphatic carboxylic acids is 1. The smallest absolute Gasteiger partial charge is 0.320 e. The van der Waals surface area contributed by atoms with Crippen molar-refractivity contribution >= 4 is 5.97 Å². The van der Waals surface area contributed by atoms with Crippen molar-refractivity contribution in [2.75, 3.05) is 7.05 Å². The van der Waals surface area contributed by atoms with Crippen LogP contribution in [0.25, 0.3) is 0 Å². The lowest BCUT2D eigenvalue weighted by Crippen LogP contribution is -2.35. The lowest BCUT2D eigenvalue weighted by molar-refractivity contribution is -0.142. The number of nitrogens with zero attached hydrogens (tertiary/aromatic N) is 1. The molecule has 17 heavy (non-hydrogen) atoms. The van der Waals surface area contributed by atoms with Crippen molar-refractivity contribution in [3.8, 4) is 0 Å². The van der Waals surface area contributed by atoms with Crippen LogP contribution in [0.15, 0.2) is 24.3 Å². The lowest BCUT2D eigenvalue weighted by atomic mass is 10.1. The van der Waals surface area contributed by atoms with E-state index in [0.717, 1.165) is 0 Å². The average molecular weight is 243 g/mol. The molecule has 0 radical (unpaired) electrons. The molecule has 0 saturated carbocycles. The van der Waals surface area contributed by atoms with Gasteiger partial charge in [-0.1, -0.05) is 18.2 Å². The molecule has 0 bridgehead atoms. The quantitative estimate of drug-likeness (QED) is 0.863. The molecule has 0 spiro atoms. The van der Waals surface area contributed by atoms with Crippen LogP contribution in [0.3, 0.4) is 0 Å². The minimum atomic E-state index is -2.50. The molecule has 0 aliphatic rings. The molecule has 0 amide bonds. The fourth-order valence-corrected chi connectivity index (χ4v) is 1.44. The zero-order valence-electron chi connectivity index (χ0n) is 9.73. The monoisotopic (exact) mass is 243 g/mol. The van der Waals surface area contributed by atoms with Gasteiger partial charge in [-0.3, -0.25) is 9.69 Å². The average Bonchev–Trinajstić information content (AvgIpc) is 2.28. The van der Waals surface area contributed by atoms with Crippen LogP contribution in [-0.2, 0) is 11.3 Å². The Morgan fingerprint density at radius 3 is 2.65 bits per heavy atom. The maximum absolute atomic E-state index is 12.5. The van der Waals surface area contributed by atoms with Crippen LogP contribution >= 0.6 is 0 Å². The second-order valence-corrected chi connectivity index (χ2v) is 3.98. The summed E-state index contributed by atoms with van der Waals surface area (Å²) < 4.78 is 24.9. The third-order valence-corrected chi connectivity index (χ3v) is 2.65. The number of carbonyl (C=O) groups is 1. The zero-order chi connectivity index (χ0) is 13.0. The van der Waals surface area contributed by atoms with Gasteiger partial charge in [0.1, 0.15) is 6.04 Å². The summed E-state index contributed by atoms with van der Waals surface area (Å²) in [5.74, 6) is -0.933. The zero-order valence-corrected chi connectivity index (χ0v) is 9.73. The van der Waals surface area contributed by atoms with Crippen LogP contribution in [0.5, 0.6) is 0 Å². The van der Waals surface area contributed by atoms with E-state index in [9.17, 15) is 13.6 Å². The van der Waals surface area contributed by atoms with E-state index in [1.54, 1.807) is 31.0 Å². The van der Waals surface area contributed by atoms with Gasteiger partial charge in [-0.2, -0.15) is 0 Å². The van der Waals surface area contributed by atoms with E-state index in [-0.39, 0.29) is 5.56 Å². The first-order valence-electron chi connectivity index (χ1n) is 5.22. The Morgan fingerprint density at radius 2 is 2.12 bits per heavy atom. The first-order valence-corrected chi connectivity index (χ1v) is 5.22. The van der Waals surface area contributed by atoms with Crippen molar-refractivity contribution in [1.82, 2.24) is 4.90 Å². The van der Waals surface area contributed by atoms with E-state index in [1.807, 2.05) is 0 Å². The number of likely N-dealkylation sites (N-methyl/N-ethyl adjacent to an activating group) is 1. The molecule has 0 aliphatic heterocycles. The number of hydrogen-bond donors (Lipinski definition) is 1. The summed E-state index contributed by atoms with van der Waals surface area (Å²) in [6.45, 7) is 1.88. The van der Waals surface area contributed by atoms with Gasteiger partial charge in [0.2, 0.25) is 0 Å². The molecule has 1 aromatic rings. The summed E-state index contributed by atoms with van der Waals surface area (Å²) in [6, 6.07) is 5.36. The molecular formula is C12H15F2NO2. The molecule has 1 atom stereocenters.